The van der Waals surface area contributed by atoms with Gasteiger partial charge in [0.25, 0.3) is 0 Å². The molecule has 1 N–H and O–H groups in total. The molecule has 6 nitrogen and oxygen atoms in total. The Labute approximate surface area is 210 Å². The topological polar surface area (TPSA) is 77.2 Å². The highest BCUT2D eigenvalue weighted by Gasteiger charge is 2.31. The van der Waals surface area contributed by atoms with Crippen molar-refractivity contribution >= 4 is 28.6 Å². The molecule has 0 bridgehead atoms. The standard InChI is InChI=1S/C28H31N3O3S/c1-18-8-9-20(30-15-18)17-34-21-10-11-24-22(14-21)26(35-28(2,3)4)25(31(24)5)23(27(32)33)13-19-7-6-12-29-16-19/h6-12,14-16,23H,13,17H2,1-5H3,(H,32,33). The van der Waals surface area contributed by atoms with Crippen molar-refractivity contribution in [1.29, 1.82) is 0 Å². The number of nitrogens with zero attached hydrogens (tertiary/aromatic N) is 3. The van der Waals surface area contributed by atoms with Gasteiger partial charge in [0.05, 0.1) is 5.69 Å². The van der Waals surface area contributed by atoms with Gasteiger partial charge in [-0.1, -0.05) is 32.9 Å². The number of ether oxygens (including phenoxy) is 1. The Hall–Kier alpha value is -3.32. The summed E-state index contributed by atoms with van der Waals surface area (Å²) in [5.41, 5.74) is 4.64. The van der Waals surface area contributed by atoms with Gasteiger partial charge in [-0.15, -0.1) is 11.8 Å². The molecule has 0 radical (unpaired) electrons. The van der Waals surface area contributed by atoms with Crippen molar-refractivity contribution in [3.63, 3.8) is 0 Å². The number of pyridine rings is 2. The van der Waals surface area contributed by atoms with Gasteiger partial charge in [-0.25, -0.2) is 0 Å². The van der Waals surface area contributed by atoms with Gasteiger partial charge in [-0.2, -0.15) is 0 Å². The Kier molecular flexibility index (Phi) is 7.17. The Morgan fingerprint density at radius 1 is 1.17 bits per heavy atom. The maximum Gasteiger partial charge on any atom is 0.312 e. The first-order valence-corrected chi connectivity index (χ1v) is 12.4. The van der Waals surface area contributed by atoms with Crippen LogP contribution in [0.1, 0.15) is 49.2 Å². The molecule has 0 aliphatic heterocycles. The molecule has 0 aliphatic carbocycles. The van der Waals surface area contributed by atoms with Crippen molar-refractivity contribution < 1.29 is 14.6 Å². The molecule has 7 heteroatoms. The number of hydrogen-bond acceptors (Lipinski definition) is 5. The van der Waals surface area contributed by atoms with Gasteiger partial charge < -0.3 is 14.4 Å². The second-order valence-corrected chi connectivity index (χ2v) is 11.6. The van der Waals surface area contributed by atoms with E-state index in [9.17, 15) is 9.90 Å². The lowest BCUT2D eigenvalue weighted by Gasteiger charge is -2.21. The van der Waals surface area contributed by atoms with Gasteiger partial charge in [-0.05, 0) is 54.8 Å². The molecule has 35 heavy (non-hydrogen) atoms. The van der Waals surface area contributed by atoms with Crippen molar-refractivity contribution in [2.45, 2.75) is 56.3 Å². The van der Waals surface area contributed by atoms with Crippen LogP contribution in [0.4, 0.5) is 0 Å². The number of hydrogen-bond donors (Lipinski definition) is 1. The van der Waals surface area contributed by atoms with E-state index < -0.39 is 11.9 Å². The Morgan fingerprint density at radius 2 is 1.97 bits per heavy atom. The number of thioether (sulfide) groups is 1. The van der Waals surface area contributed by atoms with Gasteiger partial charge in [0.2, 0.25) is 0 Å². The van der Waals surface area contributed by atoms with Crippen LogP contribution in [-0.4, -0.2) is 30.4 Å². The van der Waals surface area contributed by atoms with E-state index in [4.69, 9.17) is 4.74 Å². The lowest BCUT2D eigenvalue weighted by Crippen LogP contribution is -2.19. The second kappa shape index (κ2) is 10.1. The summed E-state index contributed by atoms with van der Waals surface area (Å²) < 4.78 is 7.98. The monoisotopic (exact) mass is 489 g/mol. The van der Waals surface area contributed by atoms with E-state index in [1.807, 2.05) is 67.2 Å². The van der Waals surface area contributed by atoms with E-state index in [0.717, 1.165) is 44.1 Å². The zero-order valence-electron chi connectivity index (χ0n) is 20.8. The Morgan fingerprint density at radius 3 is 2.60 bits per heavy atom. The van der Waals surface area contributed by atoms with Crippen LogP contribution in [0.3, 0.4) is 0 Å². The zero-order chi connectivity index (χ0) is 25.2. The predicted molar refractivity (Wildman–Crippen MR) is 140 cm³/mol. The number of aromatic nitrogens is 3. The summed E-state index contributed by atoms with van der Waals surface area (Å²) in [7, 11) is 1.94. The van der Waals surface area contributed by atoms with Crippen LogP contribution in [0.5, 0.6) is 5.75 Å². The van der Waals surface area contributed by atoms with Crippen LogP contribution in [-0.2, 0) is 24.9 Å². The number of carboxylic acid groups (broad SMARTS) is 1. The normalized spacial score (nSPS) is 12.6. The molecule has 3 heterocycles. The van der Waals surface area contributed by atoms with Crippen molar-refractivity contribution in [1.82, 2.24) is 14.5 Å². The largest absolute Gasteiger partial charge is 0.487 e. The van der Waals surface area contributed by atoms with Gasteiger partial charge in [0, 0.05) is 51.9 Å². The lowest BCUT2D eigenvalue weighted by atomic mass is 9.97. The van der Waals surface area contributed by atoms with E-state index in [-0.39, 0.29) is 4.75 Å². The van der Waals surface area contributed by atoms with Crippen LogP contribution in [0, 0.1) is 6.92 Å². The summed E-state index contributed by atoms with van der Waals surface area (Å²) in [6, 6.07) is 13.7. The van der Waals surface area contributed by atoms with Gasteiger partial charge in [0.15, 0.2) is 0 Å². The molecule has 0 aliphatic rings. The van der Waals surface area contributed by atoms with Crippen molar-refractivity contribution in [3.8, 4) is 5.75 Å². The summed E-state index contributed by atoms with van der Waals surface area (Å²) >= 11 is 1.69. The minimum absolute atomic E-state index is 0.108. The molecule has 0 saturated carbocycles. The number of fused-ring (bicyclic) bond motifs is 1. The SMILES string of the molecule is Cc1ccc(COc2ccc3c(c2)c(SC(C)(C)C)c(C(Cc2cccnc2)C(=O)O)n3C)nc1. The van der Waals surface area contributed by atoms with Crippen molar-refractivity contribution in [3.05, 3.63) is 83.6 Å². The number of benzene rings is 1. The third kappa shape index (κ3) is 5.85. The summed E-state index contributed by atoms with van der Waals surface area (Å²) in [5.74, 6) is -0.827. The molecule has 0 amide bonds. The van der Waals surface area contributed by atoms with Gasteiger partial charge >= 0.3 is 5.97 Å². The maximum atomic E-state index is 12.5. The van der Waals surface area contributed by atoms with Gasteiger partial charge in [0.1, 0.15) is 18.3 Å². The molecular weight excluding hydrogens is 458 g/mol. The van der Waals surface area contributed by atoms with E-state index in [0.29, 0.717) is 13.0 Å². The number of aliphatic carboxylic acids is 1. The van der Waals surface area contributed by atoms with Crippen LogP contribution in [0.15, 0.2) is 66.0 Å². The molecule has 0 spiro atoms. The summed E-state index contributed by atoms with van der Waals surface area (Å²) in [6.45, 7) is 8.79. The highest BCUT2D eigenvalue weighted by molar-refractivity contribution is 8.00. The van der Waals surface area contributed by atoms with Gasteiger partial charge in [-0.3, -0.25) is 14.8 Å². The first-order chi connectivity index (χ1) is 16.6. The van der Waals surface area contributed by atoms with Crippen LogP contribution >= 0.6 is 11.8 Å². The van der Waals surface area contributed by atoms with E-state index in [1.54, 1.807) is 24.2 Å². The summed E-state index contributed by atoms with van der Waals surface area (Å²) in [6.07, 6.45) is 5.63. The number of aryl methyl sites for hydroxylation is 2. The van der Waals surface area contributed by atoms with E-state index >= 15 is 0 Å². The second-order valence-electron chi connectivity index (χ2n) is 9.74. The number of carboxylic acids is 1. The Balaban J connectivity index is 1.76. The van der Waals surface area contributed by atoms with Crippen LogP contribution < -0.4 is 4.74 Å². The first-order valence-electron chi connectivity index (χ1n) is 11.6. The average Bonchev–Trinajstić information content (AvgIpc) is 3.07. The molecule has 3 aromatic heterocycles. The molecule has 0 saturated heterocycles. The smallest absolute Gasteiger partial charge is 0.312 e. The van der Waals surface area contributed by atoms with Crippen LogP contribution in [0.2, 0.25) is 0 Å². The average molecular weight is 490 g/mol. The minimum Gasteiger partial charge on any atom is -0.487 e. The third-order valence-electron chi connectivity index (χ3n) is 5.73. The number of carbonyl (C=O) groups is 1. The van der Waals surface area contributed by atoms with E-state index in [1.165, 1.54) is 0 Å². The molecule has 1 aromatic carbocycles. The predicted octanol–water partition coefficient (Wildman–Crippen LogP) is 6.16. The van der Waals surface area contributed by atoms with Crippen molar-refractivity contribution in [2.75, 3.05) is 0 Å². The highest BCUT2D eigenvalue weighted by atomic mass is 32.2. The Bertz CT molecular complexity index is 1330. The minimum atomic E-state index is -0.850. The maximum absolute atomic E-state index is 12.5. The molecule has 1 atom stereocenters. The molecule has 0 fully saturated rings. The zero-order valence-corrected chi connectivity index (χ0v) is 21.6. The van der Waals surface area contributed by atoms with E-state index in [2.05, 4.69) is 30.7 Å². The van der Waals surface area contributed by atoms with Crippen molar-refractivity contribution in [2.24, 2.45) is 7.05 Å². The first kappa shape index (κ1) is 24.8. The third-order valence-corrected chi connectivity index (χ3v) is 6.97. The molecule has 4 aromatic rings. The molecule has 182 valence electrons. The molecule has 4 rings (SSSR count). The number of rotatable bonds is 8. The highest BCUT2D eigenvalue weighted by Crippen LogP contribution is 2.44. The summed E-state index contributed by atoms with van der Waals surface area (Å²) in [5, 5.41) is 11.3. The lowest BCUT2D eigenvalue weighted by molar-refractivity contribution is -0.139. The quantitative estimate of drug-likeness (QED) is 0.299. The molecular formula is C28H31N3O3S. The summed E-state index contributed by atoms with van der Waals surface area (Å²) in [4.78, 5) is 22.1. The van der Waals surface area contributed by atoms with Crippen LogP contribution in [0.25, 0.3) is 10.9 Å². The molecule has 1 unspecified atom stereocenters. The fraction of sp³-hybridized carbons (Fsp3) is 0.321. The fourth-order valence-corrected chi connectivity index (χ4v) is 5.37. The fourth-order valence-electron chi connectivity index (χ4n) is 4.10.